The number of carbonyl (C=O) groups excluding carboxylic acids is 1. The first kappa shape index (κ1) is 14.9. The normalized spacial score (nSPS) is 11.9. The Kier molecular flexibility index (Phi) is 4.84. The summed E-state index contributed by atoms with van der Waals surface area (Å²) in [6, 6.07) is 9.36. The lowest BCUT2D eigenvalue weighted by Crippen LogP contribution is -2.23. The van der Waals surface area contributed by atoms with Crippen LogP contribution in [0.3, 0.4) is 0 Å². The zero-order valence-corrected chi connectivity index (χ0v) is 11.8. The van der Waals surface area contributed by atoms with Gasteiger partial charge in [0.2, 0.25) is 0 Å². The molecule has 0 amide bonds. The molecule has 1 unspecified atom stereocenters. The molecular formula is C15H16N2O4. The Hall–Kier alpha value is -2.47. The molecule has 0 radical (unpaired) electrons. The van der Waals surface area contributed by atoms with E-state index < -0.39 is 17.6 Å². The summed E-state index contributed by atoms with van der Waals surface area (Å²) >= 11 is 0. The highest BCUT2D eigenvalue weighted by Crippen LogP contribution is 2.21. The van der Waals surface area contributed by atoms with Crippen molar-refractivity contribution in [1.82, 2.24) is 9.97 Å². The molecule has 0 aliphatic carbocycles. The predicted molar refractivity (Wildman–Crippen MR) is 76.1 cm³/mol. The molecule has 1 heterocycles. The van der Waals surface area contributed by atoms with Crippen LogP contribution in [-0.2, 0) is 9.47 Å². The Balaban J connectivity index is 2.35. The second-order valence-electron chi connectivity index (χ2n) is 4.26. The fourth-order valence-corrected chi connectivity index (χ4v) is 1.93. The van der Waals surface area contributed by atoms with Gasteiger partial charge in [-0.05, 0) is 12.5 Å². The molecule has 21 heavy (non-hydrogen) atoms. The van der Waals surface area contributed by atoms with E-state index in [2.05, 4.69) is 9.97 Å². The van der Waals surface area contributed by atoms with Gasteiger partial charge in [0.05, 0.1) is 6.61 Å². The fourth-order valence-electron chi connectivity index (χ4n) is 1.93. The number of hydrogen-bond acceptors (Lipinski definition) is 5. The summed E-state index contributed by atoms with van der Waals surface area (Å²) in [5.41, 5.74) is 0.187. The molecule has 0 fully saturated rings. The maximum absolute atomic E-state index is 12.0. The topological polar surface area (TPSA) is 81.3 Å². The van der Waals surface area contributed by atoms with Crippen molar-refractivity contribution in [3.05, 3.63) is 63.8 Å². The summed E-state index contributed by atoms with van der Waals surface area (Å²) in [6.45, 7) is 1.87. The number of hydrogen-bond donors (Lipinski definition) is 1. The predicted octanol–water partition coefficient (Wildman–Crippen LogP) is 1.68. The number of methoxy groups -OCH3 is 1. The number of nitrogens with one attached hydrogen (secondary N) is 1. The minimum atomic E-state index is -0.688. The molecule has 6 nitrogen and oxygen atoms in total. The molecule has 2 rings (SSSR count). The van der Waals surface area contributed by atoms with Gasteiger partial charge in [-0.2, -0.15) is 0 Å². The molecule has 1 atom stereocenters. The van der Waals surface area contributed by atoms with E-state index in [1.54, 1.807) is 6.92 Å². The van der Waals surface area contributed by atoms with Crippen LogP contribution in [0.5, 0.6) is 0 Å². The molecule has 6 heteroatoms. The van der Waals surface area contributed by atoms with Gasteiger partial charge in [-0.1, -0.05) is 30.3 Å². The van der Waals surface area contributed by atoms with Crippen LogP contribution in [-0.4, -0.2) is 29.7 Å². The Morgan fingerprint density at radius 1 is 1.33 bits per heavy atom. The highest BCUT2D eigenvalue weighted by molar-refractivity contribution is 5.88. The molecular weight excluding hydrogens is 272 g/mol. The van der Waals surface area contributed by atoms with E-state index in [1.165, 1.54) is 13.3 Å². The van der Waals surface area contributed by atoms with Crippen molar-refractivity contribution in [3.8, 4) is 0 Å². The first-order valence-electron chi connectivity index (χ1n) is 6.51. The van der Waals surface area contributed by atoms with Gasteiger partial charge in [-0.15, -0.1) is 0 Å². The number of rotatable bonds is 5. The van der Waals surface area contributed by atoms with Crippen molar-refractivity contribution in [2.24, 2.45) is 0 Å². The molecule has 0 aliphatic heterocycles. The second-order valence-corrected chi connectivity index (χ2v) is 4.26. The highest BCUT2D eigenvalue weighted by Gasteiger charge is 2.19. The lowest BCUT2D eigenvalue weighted by Gasteiger charge is -2.14. The quantitative estimate of drug-likeness (QED) is 0.847. The number of nitrogens with zero attached hydrogens (tertiary/aromatic N) is 1. The third-order valence-corrected chi connectivity index (χ3v) is 2.90. The summed E-state index contributed by atoms with van der Waals surface area (Å²) < 4.78 is 10.2. The molecule has 1 aromatic heterocycles. The standard InChI is InChI=1S/C15H16N2O4/c1-3-21-15(19)11-9-16-13(17-14(11)18)12(20-2)10-7-5-4-6-8-10/h4-9,12H,3H2,1-2H3,(H,16,17,18). The van der Waals surface area contributed by atoms with Crippen molar-refractivity contribution in [3.63, 3.8) is 0 Å². The summed E-state index contributed by atoms with van der Waals surface area (Å²) in [4.78, 5) is 30.2. The summed E-state index contributed by atoms with van der Waals surface area (Å²) in [5, 5.41) is 0. The number of H-pyrrole nitrogens is 1. The van der Waals surface area contributed by atoms with Crippen LogP contribution in [0.4, 0.5) is 0 Å². The van der Waals surface area contributed by atoms with E-state index >= 15 is 0 Å². The Morgan fingerprint density at radius 3 is 2.62 bits per heavy atom. The van der Waals surface area contributed by atoms with Crippen LogP contribution in [0.25, 0.3) is 0 Å². The molecule has 0 saturated heterocycles. The van der Waals surface area contributed by atoms with Gasteiger partial charge in [0.15, 0.2) is 0 Å². The minimum absolute atomic E-state index is 0.122. The molecule has 1 aromatic carbocycles. The fraction of sp³-hybridized carbons (Fsp3) is 0.267. The maximum atomic E-state index is 12.0. The molecule has 1 N–H and O–H groups in total. The SMILES string of the molecule is CCOC(=O)c1cnc(C(OC)c2ccccc2)[nH]c1=O. The van der Waals surface area contributed by atoms with Crippen LogP contribution in [0, 0.1) is 0 Å². The highest BCUT2D eigenvalue weighted by atomic mass is 16.5. The van der Waals surface area contributed by atoms with Gasteiger partial charge in [-0.25, -0.2) is 9.78 Å². The molecule has 0 saturated carbocycles. The van der Waals surface area contributed by atoms with Gasteiger partial charge in [0.25, 0.3) is 5.56 Å². The molecule has 0 bridgehead atoms. The average Bonchev–Trinajstić information content (AvgIpc) is 2.49. The molecule has 2 aromatic rings. The molecule has 110 valence electrons. The van der Waals surface area contributed by atoms with Gasteiger partial charge >= 0.3 is 5.97 Å². The van der Waals surface area contributed by atoms with Crippen LogP contribution in [0.1, 0.15) is 34.8 Å². The maximum Gasteiger partial charge on any atom is 0.345 e. The number of carbonyl (C=O) groups is 1. The zero-order chi connectivity index (χ0) is 15.2. The molecule has 0 aliphatic rings. The number of ether oxygens (including phenoxy) is 2. The van der Waals surface area contributed by atoms with E-state index in [-0.39, 0.29) is 12.2 Å². The van der Waals surface area contributed by atoms with Crippen LogP contribution >= 0.6 is 0 Å². The number of esters is 1. The van der Waals surface area contributed by atoms with E-state index in [0.717, 1.165) is 5.56 Å². The lowest BCUT2D eigenvalue weighted by atomic mass is 10.1. The van der Waals surface area contributed by atoms with Crippen LogP contribution in [0.15, 0.2) is 41.3 Å². The van der Waals surface area contributed by atoms with Crippen molar-refractivity contribution >= 4 is 5.97 Å². The van der Waals surface area contributed by atoms with E-state index in [1.807, 2.05) is 30.3 Å². The third-order valence-electron chi connectivity index (χ3n) is 2.90. The molecule has 0 spiro atoms. The van der Waals surface area contributed by atoms with Crippen LogP contribution < -0.4 is 5.56 Å². The largest absolute Gasteiger partial charge is 0.462 e. The summed E-state index contributed by atoms with van der Waals surface area (Å²) in [5.74, 6) is -0.353. The Bertz CT molecular complexity index is 667. The van der Waals surface area contributed by atoms with Crippen molar-refractivity contribution < 1.29 is 14.3 Å². The summed E-state index contributed by atoms with van der Waals surface area (Å²) in [6.07, 6.45) is 0.705. The van der Waals surface area contributed by atoms with Crippen LogP contribution in [0.2, 0.25) is 0 Å². The minimum Gasteiger partial charge on any atom is -0.462 e. The average molecular weight is 288 g/mol. The van der Waals surface area contributed by atoms with E-state index in [0.29, 0.717) is 5.82 Å². The van der Waals surface area contributed by atoms with E-state index in [9.17, 15) is 9.59 Å². The lowest BCUT2D eigenvalue weighted by molar-refractivity contribution is 0.0523. The zero-order valence-electron chi connectivity index (χ0n) is 11.8. The smallest absolute Gasteiger partial charge is 0.345 e. The number of aromatic amines is 1. The van der Waals surface area contributed by atoms with Gasteiger partial charge in [0.1, 0.15) is 17.5 Å². The Labute approximate surface area is 121 Å². The second kappa shape index (κ2) is 6.81. The number of benzene rings is 1. The summed E-state index contributed by atoms with van der Waals surface area (Å²) in [7, 11) is 1.52. The number of aromatic nitrogens is 2. The van der Waals surface area contributed by atoms with Crippen molar-refractivity contribution in [1.29, 1.82) is 0 Å². The first-order chi connectivity index (χ1) is 10.2. The monoisotopic (exact) mass is 288 g/mol. The van der Waals surface area contributed by atoms with E-state index in [4.69, 9.17) is 9.47 Å². The first-order valence-corrected chi connectivity index (χ1v) is 6.51. The van der Waals surface area contributed by atoms with Crippen molar-refractivity contribution in [2.75, 3.05) is 13.7 Å². The van der Waals surface area contributed by atoms with Gasteiger partial charge in [-0.3, -0.25) is 4.79 Å². The van der Waals surface area contributed by atoms with Gasteiger partial charge in [0, 0.05) is 13.3 Å². The third kappa shape index (κ3) is 3.35. The van der Waals surface area contributed by atoms with Gasteiger partial charge < -0.3 is 14.5 Å². The van der Waals surface area contributed by atoms with Crippen molar-refractivity contribution in [2.45, 2.75) is 13.0 Å². The Morgan fingerprint density at radius 2 is 2.05 bits per heavy atom.